The molecule has 29 heavy (non-hydrogen) atoms. The van der Waals surface area contributed by atoms with Gasteiger partial charge in [-0.05, 0) is 43.2 Å². The monoisotopic (exact) mass is 412 g/mol. The number of nitrogens with one attached hydrogen (secondary N) is 2. The lowest BCUT2D eigenvalue weighted by Gasteiger charge is -2.19. The fourth-order valence-corrected chi connectivity index (χ4v) is 3.99. The van der Waals surface area contributed by atoms with Gasteiger partial charge in [0.2, 0.25) is 15.9 Å². The van der Waals surface area contributed by atoms with E-state index in [2.05, 4.69) is 10.0 Å². The molecule has 0 bridgehead atoms. The molecule has 1 amide bonds. The quantitative estimate of drug-likeness (QED) is 0.622. The number of aryl methyl sites for hydroxylation is 1. The number of carbonyl (C=O) groups is 1. The molecule has 3 aromatic rings. The maximum Gasteiger partial charge on any atom is 0.242 e. The molecule has 2 N–H and O–H groups in total. The van der Waals surface area contributed by atoms with E-state index < -0.39 is 27.8 Å². The Morgan fingerprint density at radius 3 is 2.21 bits per heavy atom. The Morgan fingerprint density at radius 2 is 1.55 bits per heavy atom. The molecule has 0 spiro atoms. The van der Waals surface area contributed by atoms with Crippen molar-refractivity contribution in [1.82, 2.24) is 4.72 Å². The Kier molecular flexibility index (Phi) is 6.41. The standard InChI is InChI=1S/C22H21FN2O3S/c1-16-11-13-18(14-12-16)29(27,28)25-21(15-17-7-3-2-4-8-17)22(26)24-20-10-6-5-9-19(20)23/h2-14,21,25H,15H2,1H3,(H,24,26). The largest absolute Gasteiger partial charge is 0.322 e. The van der Waals surface area contributed by atoms with Gasteiger partial charge in [0.15, 0.2) is 0 Å². The molecule has 0 heterocycles. The number of anilines is 1. The second-order valence-electron chi connectivity index (χ2n) is 6.65. The Morgan fingerprint density at radius 1 is 0.931 bits per heavy atom. The minimum Gasteiger partial charge on any atom is -0.322 e. The average molecular weight is 412 g/mol. The van der Waals surface area contributed by atoms with Crippen molar-refractivity contribution >= 4 is 21.6 Å². The maximum atomic E-state index is 13.9. The third-order valence-electron chi connectivity index (χ3n) is 4.36. The molecule has 0 fully saturated rings. The molecule has 0 aromatic heterocycles. The molecule has 0 radical (unpaired) electrons. The van der Waals surface area contributed by atoms with Crippen LogP contribution in [0, 0.1) is 12.7 Å². The SMILES string of the molecule is Cc1ccc(S(=O)(=O)NC(Cc2ccccc2)C(=O)Nc2ccccc2F)cc1. The van der Waals surface area contributed by atoms with Crippen LogP contribution >= 0.6 is 0 Å². The zero-order chi connectivity index (χ0) is 20.9. The highest BCUT2D eigenvalue weighted by molar-refractivity contribution is 7.89. The first-order chi connectivity index (χ1) is 13.8. The molecule has 3 aromatic carbocycles. The number of amides is 1. The van der Waals surface area contributed by atoms with E-state index in [9.17, 15) is 17.6 Å². The lowest BCUT2D eigenvalue weighted by molar-refractivity contribution is -0.117. The number of hydrogen-bond donors (Lipinski definition) is 2. The van der Waals surface area contributed by atoms with Crippen LogP contribution in [0.3, 0.4) is 0 Å². The highest BCUT2D eigenvalue weighted by Gasteiger charge is 2.26. The van der Waals surface area contributed by atoms with Crippen molar-refractivity contribution in [3.63, 3.8) is 0 Å². The van der Waals surface area contributed by atoms with Crippen LogP contribution in [0.15, 0.2) is 83.8 Å². The van der Waals surface area contributed by atoms with E-state index in [4.69, 9.17) is 0 Å². The predicted octanol–water partition coefficient (Wildman–Crippen LogP) is 3.66. The van der Waals surface area contributed by atoms with Crippen LogP contribution in [0.2, 0.25) is 0 Å². The van der Waals surface area contributed by atoms with Crippen molar-refractivity contribution in [2.75, 3.05) is 5.32 Å². The first-order valence-electron chi connectivity index (χ1n) is 9.03. The first kappa shape index (κ1) is 20.7. The van der Waals surface area contributed by atoms with Gasteiger partial charge in [0.25, 0.3) is 0 Å². The Labute approximate surface area is 169 Å². The van der Waals surface area contributed by atoms with Crippen LogP contribution in [-0.4, -0.2) is 20.4 Å². The summed E-state index contributed by atoms with van der Waals surface area (Å²) in [6.07, 6.45) is 0.117. The number of sulfonamides is 1. The minimum atomic E-state index is -3.95. The van der Waals surface area contributed by atoms with Crippen LogP contribution < -0.4 is 10.0 Å². The molecular formula is C22H21FN2O3S. The summed E-state index contributed by atoms with van der Waals surface area (Å²) >= 11 is 0. The predicted molar refractivity (Wildman–Crippen MR) is 110 cm³/mol. The third-order valence-corrected chi connectivity index (χ3v) is 5.85. The van der Waals surface area contributed by atoms with Gasteiger partial charge < -0.3 is 5.32 Å². The fourth-order valence-electron chi connectivity index (χ4n) is 2.79. The van der Waals surface area contributed by atoms with Gasteiger partial charge in [0.05, 0.1) is 10.6 Å². The van der Waals surface area contributed by atoms with Crippen LogP contribution in [0.4, 0.5) is 10.1 Å². The van der Waals surface area contributed by atoms with Crippen molar-refractivity contribution < 1.29 is 17.6 Å². The highest BCUT2D eigenvalue weighted by Crippen LogP contribution is 2.16. The number of halogens is 1. The summed E-state index contributed by atoms with van der Waals surface area (Å²) in [5.74, 6) is -1.24. The normalized spacial score (nSPS) is 12.3. The summed E-state index contributed by atoms with van der Waals surface area (Å²) in [6.45, 7) is 1.85. The number of rotatable bonds is 7. The second kappa shape index (κ2) is 8.98. The molecule has 0 aliphatic heterocycles. The van der Waals surface area contributed by atoms with Crippen molar-refractivity contribution in [2.24, 2.45) is 0 Å². The van der Waals surface area contributed by atoms with Gasteiger partial charge in [-0.1, -0.05) is 60.2 Å². The lowest BCUT2D eigenvalue weighted by atomic mass is 10.1. The Hall–Kier alpha value is -3.03. The van der Waals surface area contributed by atoms with Crippen LogP contribution in [0.5, 0.6) is 0 Å². The average Bonchev–Trinajstić information content (AvgIpc) is 2.70. The van der Waals surface area contributed by atoms with Crippen molar-refractivity contribution in [2.45, 2.75) is 24.3 Å². The molecule has 0 saturated carbocycles. The van der Waals surface area contributed by atoms with E-state index in [1.165, 1.54) is 30.3 Å². The zero-order valence-electron chi connectivity index (χ0n) is 15.8. The maximum absolute atomic E-state index is 13.9. The summed E-state index contributed by atoms with van der Waals surface area (Å²) in [5.41, 5.74) is 1.68. The van der Waals surface area contributed by atoms with Gasteiger partial charge >= 0.3 is 0 Å². The number of para-hydroxylation sites is 1. The summed E-state index contributed by atoms with van der Waals surface area (Å²) in [5, 5.41) is 2.47. The molecular weight excluding hydrogens is 391 g/mol. The van der Waals surface area contributed by atoms with Crippen LogP contribution in [0.25, 0.3) is 0 Å². The smallest absolute Gasteiger partial charge is 0.242 e. The molecule has 5 nitrogen and oxygen atoms in total. The van der Waals surface area contributed by atoms with Crippen molar-refractivity contribution in [1.29, 1.82) is 0 Å². The summed E-state index contributed by atoms with van der Waals surface area (Å²) < 4.78 is 42.0. The highest BCUT2D eigenvalue weighted by atomic mass is 32.2. The van der Waals surface area contributed by atoms with E-state index in [-0.39, 0.29) is 17.0 Å². The zero-order valence-corrected chi connectivity index (χ0v) is 16.6. The Balaban J connectivity index is 1.87. The number of carbonyl (C=O) groups excluding carboxylic acids is 1. The number of benzene rings is 3. The fraction of sp³-hybridized carbons (Fsp3) is 0.136. The van der Waals surface area contributed by atoms with Gasteiger partial charge in [0.1, 0.15) is 11.9 Å². The first-order valence-corrected chi connectivity index (χ1v) is 10.5. The van der Waals surface area contributed by atoms with E-state index in [1.807, 2.05) is 13.0 Å². The van der Waals surface area contributed by atoms with Crippen LogP contribution in [-0.2, 0) is 21.2 Å². The molecule has 3 rings (SSSR count). The van der Waals surface area contributed by atoms with E-state index in [0.29, 0.717) is 0 Å². The minimum absolute atomic E-state index is 0.00917. The Bertz CT molecular complexity index is 1080. The molecule has 0 aliphatic rings. The van der Waals surface area contributed by atoms with Crippen molar-refractivity contribution in [3.05, 3.63) is 95.8 Å². The topological polar surface area (TPSA) is 75.3 Å². The lowest BCUT2D eigenvalue weighted by Crippen LogP contribution is -2.45. The molecule has 0 aliphatic carbocycles. The van der Waals surface area contributed by atoms with E-state index in [1.54, 1.807) is 42.5 Å². The summed E-state index contributed by atoms with van der Waals surface area (Å²) in [7, 11) is -3.95. The summed E-state index contributed by atoms with van der Waals surface area (Å²) in [6, 6.07) is 19.9. The summed E-state index contributed by atoms with van der Waals surface area (Å²) in [4.78, 5) is 12.9. The van der Waals surface area contributed by atoms with Gasteiger partial charge in [-0.3, -0.25) is 4.79 Å². The van der Waals surface area contributed by atoms with E-state index >= 15 is 0 Å². The molecule has 1 unspecified atom stereocenters. The van der Waals surface area contributed by atoms with Gasteiger partial charge in [-0.25, -0.2) is 12.8 Å². The van der Waals surface area contributed by atoms with Gasteiger partial charge in [0, 0.05) is 0 Å². The van der Waals surface area contributed by atoms with E-state index in [0.717, 1.165) is 11.1 Å². The molecule has 1 atom stereocenters. The van der Waals surface area contributed by atoms with Gasteiger partial charge in [-0.2, -0.15) is 4.72 Å². The second-order valence-corrected chi connectivity index (χ2v) is 8.36. The molecule has 0 saturated heterocycles. The van der Waals surface area contributed by atoms with Crippen molar-refractivity contribution in [3.8, 4) is 0 Å². The van der Waals surface area contributed by atoms with Gasteiger partial charge in [-0.15, -0.1) is 0 Å². The molecule has 150 valence electrons. The molecule has 7 heteroatoms. The van der Waals surface area contributed by atoms with Crippen LogP contribution in [0.1, 0.15) is 11.1 Å². The third kappa shape index (κ3) is 5.49. The number of hydrogen-bond acceptors (Lipinski definition) is 3.